The Hall–Kier alpha value is -3.70. The van der Waals surface area contributed by atoms with Crippen LogP contribution in [0.25, 0.3) is 0 Å². The van der Waals surface area contributed by atoms with Gasteiger partial charge in [0, 0.05) is 16.6 Å². The number of epoxide rings is 1. The number of phenols is 2. The van der Waals surface area contributed by atoms with Crippen molar-refractivity contribution in [3.05, 3.63) is 84.0 Å². The molecular weight excluding hydrogens is 544 g/mol. The van der Waals surface area contributed by atoms with Crippen molar-refractivity contribution in [2.45, 2.75) is 39.2 Å². The van der Waals surface area contributed by atoms with E-state index in [2.05, 4.69) is 27.0 Å². The first-order valence-electron chi connectivity index (χ1n) is 13.5. The number of aliphatic hydroxyl groups excluding tert-OH is 1. The topological polar surface area (TPSA) is 144 Å². The molecular formula is C32H44O10. The van der Waals surface area contributed by atoms with E-state index in [1.165, 1.54) is 0 Å². The van der Waals surface area contributed by atoms with Crippen molar-refractivity contribution in [2.24, 2.45) is 0 Å². The highest BCUT2D eigenvalue weighted by Crippen LogP contribution is 2.32. The highest BCUT2D eigenvalue weighted by molar-refractivity contribution is 5.87. The minimum Gasteiger partial charge on any atom is -0.508 e. The first kappa shape index (κ1) is 36.3. The normalized spacial score (nSPS) is 13.4. The summed E-state index contributed by atoms with van der Waals surface area (Å²) in [7, 11) is 0. The molecule has 0 radical (unpaired) electrons. The van der Waals surface area contributed by atoms with Gasteiger partial charge in [-0.25, -0.2) is 9.59 Å². The van der Waals surface area contributed by atoms with Crippen molar-refractivity contribution in [3.8, 4) is 11.5 Å². The van der Waals surface area contributed by atoms with Gasteiger partial charge in [-0.15, -0.1) is 0 Å². The third-order valence-corrected chi connectivity index (χ3v) is 5.75. The largest absolute Gasteiger partial charge is 0.508 e. The standard InChI is InChI=1S/C15H16O2.C10H18O5.C7H10O3/c1-15(2,11-3-7-13(16)8-4-11)12-5-9-14(17)10-6-12;1-9(2)10(12)15-8-7-14-6-5-13-4-3-11;1-5(2)7(8)10-4-6-3-9-6/h3-10,16-17H,1-2H3;11H,1,3-8H2,2H3;6H,1,3-4H2,2H3. The summed E-state index contributed by atoms with van der Waals surface area (Å²) < 4.78 is 24.4. The van der Waals surface area contributed by atoms with Crippen molar-refractivity contribution >= 4 is 11.9 Å². The van der Waals surface area contributed by atoms with Crippen LogP contribution in [0.1, 0.15) is 38.8 Å². The number of rotatable bonds is 14. The molecule has 1 aliphatic rings. The lowest BCUT2D eigenvalue weighted by Crippen LogP contribution is -2.18. The van der Waals surface area contributed by atoms with Crippen molar-refractivity contribution in [3.63, 3.8) is 0 Å². The zero-order valence-electron chi connectivity index (χ0n) is 25.0. The maximum absolute atomic E-state index is 10.9. The van der Waals surface area contributed by atoms with E-state index in [0.717, 1.165) is 11.1 Å². The molecule has 2 aromatic carbocycles. The Labute approximate surface area is 248 Å². The number of carbonyl (C=O) groups is 2. The van der Waals surface area contributed by atoms with E-state index in [1.807, 2.05) is 24.3 Å². The summed E-state index contributed by atoms with van der Waals surface area (Å²) in [6.07, 6.45) is 0.142. The van der Waals surface area contributed by atoms with Gasteiger partial charge in [-0.2, -0.15) is 0 Å². The maximum Gasteiger partial charge on any atom is 0.333 e. The van der Waals surface area contributed by atoms with E-state index < -0.39 is 5.97 Å². The van der Waals surface area contributed by atoms with E-state index in [0.29, 0.717) is 50.8 Å². The summed E-state index contributed by atoms with van der Waals surface area (Å²) in [5.74, 6) is -0.198. The van der Waals surface area contributed by atoms with Crippen molar-refractivity contribution in [2.75, 3.05) is 52.9 Å². The highest BCUT2D eigenvalue weighted by Gasteiger charge is 2.24. The van der Waals surface area contributed by atoms with E-state index in [1.54, 1.807) is 38.1 Å². The lowest BCUT2D eigenvalue weighted by Gasteiger charge is -2.26. The number of carbonyl (C=O) groups excluding carboxylic acids is 2. The zero-order valence-corrected chi connectivity index (χ0v) is 25.0. The van der Waals surface area contributed by atoms with Gasteiger partial charge in [-0.05, 0) is 49.2 Å². The molecule has 3 N–H and O–H groups in total. The number of benzene rings is 2. The Kier molecular flexibility index (Phi) is 16.8. The van der Waals surface area contributed by atoms with Gasteiger partial charge in [0.25, 0.3) is 0 Å². The van der Waals surface area contributed by atoms with Crippen molar-refractivity contribution in [1.82, 2.24) is 0 Å². The Morgan fingerprint density at radius 1 is 0.786 bits per heavy atom. The summed E-state index contributed by atoms with van der Waals surface area (Å²) in [4.78, 5) is 21.6. The minimum atomic E-state index is -0.407. The van der Waals surface area contributed by atoms with Crippen LogP contribution in [-0.4, -0.2) is 86.2 Å². The Morgan fingerprint density at radius 3 is 1.60 bits per heavy atom. The van der Waals surface area contributed by atoms with Crippen LogP contribution in [0.15, 0.2) is 72.8 Å². The number of hydrogen-bond acceptors (Lipinski definition) is 10. The molecule has 3 rings (SSSR count). The smallest absolute Gasteiger partial charge is 0.333 e. The van der Waals surface area contributed by atoms with E-state index in [9.17, 15) is 19.8 Å². The summed E-state index contributed by atoms with van der Waals surface area (Å²) in [5, 5.41) is 27.0. The molecule has 1 fully saturated rings. The number of hydrogen-bond donors (Lipinski definition) is 3. The third kappa shape index (κ3) is 15.3. The van der Waals surface area contributed by atoms with Crippen LogP contribution in [-0.2, 0) is 38.7 Å². The molecule has 1 heterocycles. The summed E-state index contributed by atoms with van der Waals surface area (Å²) in [6, 6.07) is 14.4. The molecule has 10 heteroatoms. The number of ether oxygens (including phenoxy) is 5. The van der Waals surface area contributed by atoms with Gasteiger partial charge in [0.1, 0.15) is 30.8 Å². The van der Waals surface area contributed by atoms with E-state index in [-0.39, 0.29) is 42.2 Å². The monoisotopic (exact) mass is 588 g/mol. The number of esters is 2. The molecule has 1 atom stereocenters. The van der Waals surface area contributed by atoms with Crippen LogP contribution in [0.5, 0.6) is 11.5 Å². The van der Waals surface area contributed by atoms with Gasteiger partial charge in [0.15, 0.2) is 0 Å². The van der Waals surface area contributed by atoms with Crippen LogP contribution >= 0.6 is 0 Å². The van der Waals surface area contributed by atoms with Crippen LogP contribution in [0.2, 0.25) is 0 Å². The molecule has 42 heavy (non-hydrogen) atoms. The van der Waals surface area contributed by atoms with Gasteiger partial charge >= 0.3 is 11.9 Å². The zero-order chi connectivity index (χ0) is 31.5. The molecule has 1 saturated heterocycles. The molecule has 10 nitrogen and oxygen atoms in total. The minimum absolute atomic E-state index is 0.0101. The first-order chi connectivity index (χ1) is 19.9. The van der Waals surface area contributed by atoms with Gasteiger partial charge in [0.2, 0.25) is 0 Å². The average molecular weight is 589 g/mol. The Morgan fingerprint density at radius 2 is 1.19 bits per heavy atom. The fourth-order valence-electron chi connectivity index (χ4n) is 3.08. The molecule has 0 aromatic heterocycles. The third-order valence-electron chi connectivity index (χ3n) is 5.75. The van der Waals surface area contributed by atoms with Crippen LogP contribution < -0.4 is 0 Å². The predicted molar refractivity (Wildman–Crippen MR) is 158 cm³/mol. The van der Waals surface area contributed by atoms with E-state index in [4.69, 9.17) is 28.8 Å². The Balaban J connectivity index is 0.000000326. The second kappa shape index (κ2) is 19.4. The summed E-state index contributed by atoms with van der Waals surface area (Å²) in [5.41, 5.74) is 2.91. The molecule has 0 amide bonds. The van der Waals surface area contributed by atoms with Crippen molar-refractivity contribution < 1.29 is 48.6 Å². The Bertz CT molecular complexity index is 1060. The van der Waals surface area contributed by atoms with Crippen LogP contribution in [0.3, 0.4) is 0 Å². The van der Waals surface area contributed by atoms with Gasteiger partial charge in [-0.1, -0.05) is 51.3 Å². The molecule has 1 unspecified atom stereocenters. The molecule has 0 aliphatic carbocycles. The number of aliphatic hydroxyl groups is 1. The van der Waals surface area contributed by atoms with E-state index >= 15 is 0 Å². The lowest BCUT2D eigenvalue weighted by atomic mass is 9.78. The average Bonchev–Trinajstić information content (AvgIpc) is 3.79. The molecule has 0 saturated carbocycles. The molecule has 0 spiro atoms. The lowest BCUT2D eigenvalue weighted by molar-refractivity contribution is -0.141. The second-order valence-electron chi connectivity index (χ2n) is 9.92. The summed E-state index contributed by atoms with van der Waals surface area (Å²) >= 11 is 0. The van der Waals surface area contributed by atoms with Gasteiger partial charge in [0.05, 0.1) is 39.6 Å². The fraction of sp³-hybridized carbons (Fsp3) is 0.438. The highest BCUT2D eigenvalue weighted by atomic mass is 16.6. The van der Waals surface area contributed by atoms with Crippen molar-refractivity contribution in [1.29, 1.82) is 0 Å². The SMILES string of the molecule is C=C(C)C(=O)OCC1CO1.C=C(C)C(=O)OCCOCCOCCO.CC(C)(c1ccc(O)cc1)c1ccc(O)cc1. The van der Waals surface area contributed by atoms with Crippen LogP contribution in [0.4, 0.5) is 0 Å². The molecule has 2 aromatic rings. The van der Waals surface area contributed by atoms with Gasteiger partial charge < -0.3 is 39.0 Å². The summed E-state index contributed by atoms with van der Waals surface area (Å²) in [6.45, 7) is 17.1. The molecule has 1 aliphatic heterocycles. The quantitative estimate of drug-likeness (QED) is 0.128. The number of aromatic hydroxyl groups is 2. The molecule has 0 bridgehead atoms. The fourth-order valence-corrected chi connectivity index (χ4v) is 3.08. The molecule has 232 valence electrons. The second-order valence-corrected chi connectivity index (χ2v) is 9.92. The first-order valence-corrected chi connectivity index (χ1v) is 13.5. The predicted octanol–water partition coefficient (Wildman–Crippen LogP) is 4.06. The van der Waals surface area contributed by atoms with Crippen LogP contribution in [0, 0.1) is 0 Å². The maximum atomic E-state index is 10.9. The van der Waals surface area contributed by atoms with Gasteiger partial charge in [-0.3, -0.25) is 0 Å². The number of phenolic OH excluding ortho intramolecular Hbond substituents is 2.